The summed E-state index contributed by atoms with van der Waals surface area (Å²) in [6.07, 6.45) is 10.3. The highest BCUT2D eigenvalue weighted by molar-refractivity contribution is 4.90. The normalized spacial score (nSPS) is 34.4. The molecule has 0 bridgehead atoms. The van der Waals surface area contributed by atoms with Gasteiger partial charge in [-0.1, -0.05) is 27.7 Å². The molecule has 1 aliphatic heterocycles. The fourth-order valence-corrected chi connectivity index (χ4v) is 4.20. The highest BCUT2D eigenvalue weighted by Gasteiger charge is 2.35. The molecule has 1 N–H and O–H groups in total. The summed E-state index contributed by atoms with van der Waals surface area (Å²) in [5, 5.41) is 3.96. The van der Waals surface area contributed by atoms with Crippen LogP contribution in [-0.4, -0.2) is 24.3 Å². The van der Waals surface area contributed by atoms with E-state index >= 15 is 0 Å². The molecule has 2 aliphatic rings. The third-order valence-corrected chi connectivity index (χ3v) is 5.97. The SMILES string of the molecule is CCC1(CC)CC(NC2CCC(C(C)C)CC2)CCO1. The van der Waals surface area contributed by atoms with Gasteiger partial charge in [-0.2, -0.15) is 0 Å². The Kier molecular flexibility index (Phi) is 5.92. The lowest BCUT2D eigenvalue weighted by Crippen LogP contribution is -2.50. The van der Waals surface area contributed by atoms with Crippen LogP contribution in [0.15, 0.2) is 0 Å². The molecule has 0 aromatic carbocycles. The van der Waals surface area contributed by atoms with Crippen LogP contribution in [-0.2, 0) is 4.74 Å². The Labute approximate surface area is 126 Å². The van der Waals surface area contributed by atoms with Crippen molar-refractivity contribution in [2.75, 3.05) is 6.61 Å². The topological polar surface area (TPSA) is 21.3 Å². The van der Waals surface area contributed by atoms with E-state index in [0.29, 0.717) is 6.04 Å². The minimum absolute atomic E-state index is 0.158. The Hall–Kier alpha value is -0.0800. The van der Waals surface area contributed by atoms with Crippen molar-refractivity contribution in [3.05, 3.63) is 0 Å². The molecule has 1 atom stereocenters. The minimum atomic E-state index is 0.158. The summed E-state index contributed by atoms with van der Waals surface area (Å²) in [5.41, 5.74) is 0.158. The first kappa shape index (κ1) is 16.3. The maximum atomic E-state index is 6.09. The van der Waals surface area contributed by atoms with Gasteiger partial charge in [-0.3, -0.25) is 0 Å². The van der Waals surface area contributed by atoms with E-state index in [4.69, 9.17) is 4.74 Å². The van der Waals surface area contributed by atoms with Crippen molar-refractivity contribution in [3.63, 3.8) is 0 Å². The second-order valence-corrected chi connectivity index (χ2v) is 7.45. The van der Waals surface area contributed by atoms with Crippen molar-refractivity contribution >= 4 is 0 Å². The third kappa shape index (κ3) is 3.98. The number of nitrogens with one attached hydrogen (secondary N) is 1. The lowest BCUT2D eigenvalue weighted by molar-refractivity contribution is -0.0946. The second-order valence-electron chi connectivity index (χ2n) is 7.45. The molecule has 0 spiro atoms. The van der Waals surface area contributed by atoms with Crippen molar-refractivity contribution in [2.45, 2.75) is 96.7 Å². The van der Waals surface area contributed by atoms with Gasteiger partial charge in [0.25, 0.3) is 0 Å². The molecule has 0 amide bonds. The van der Waals surface area contributed by atoms with Crippen LogP contribution in [0.25, 0.3) is 0 Å². The fraction of sp³-hybridized carbons (Fsp3) is 1.00. The largest absolute Gasteiger partial charge is 0.375 e. The van der Waals surface area contributed by atoms with E-state index in [-0.39, 0.29) is 5.60 Å². The van der Waals surface area contributed by atoms with Gasteiger partial charge in [-0.25, -0.2) is 0 Å². The third-order valence-electron chi connectivity index (χ3n) is 5.97. The molecule has 0 aromatic heterocycles. The van der Waals surface area contributed by atoms with Crippen molar-refractivity contribution < 1.29 is 4.74 Å². The van der Waals surface area contributed by atoms with E-state index in [1.807, 2.05) is 0 Å². The summed E-state index contributed by atoms with van der Waals surface area (Å²) >= 11 is 0. The lowest BCUT2D eigenvalue weighted by atomic mass is 9.79. The Morgan fingerprint density at radius 2 is 1.65 bits per heavy atom. The molecule has 2 nitrogen and oxygen atoms in total. The van der Waals surface area contributed by atoms with E-state index in [1.54, 1.807) is 0 Å². The van der Waals surface area contributed by atoms with Crippen LogP contribution in [0.2, 0.25) is 0 Å². The zero-order valence-corrected chi connectivity index (χ0v) is 14.1. The van der Waals surface area contributed by atoms with E-state index in [0.717, 1.165) is 37.3 Å². The van der Waals surface area contributed by atoms with Gasteiger partial charge in [0.2, 0.25) is 0 Å². The molecular formula is C18H35NO. The molecule has 1 aliphatic carbocycles. The first-order chi connectivity index (χ1) is 9.58. The predicted octanol–water partition coefficient (Wildman–Crippen LogP) is 4.53. The molecule has 2 heteroatoms. The number of hydrogen-bond acceptors (Lipinski definition) is 2. The highest BCUT2D eigenvalue weighted by Crippen LogP contribution is 2.34. The van der Waals surface area contributed by atoms with Gasteiger partial charge >= 0.3 is 0 Å². The maximum absolute atomic E-state index is 6.09. The summed E-state index contributed by atoms with van der Waals surface area (Å²) in [4.78, 5) is 0. The molecule has 2 rings (SSSR count). The maximum Gasteiger partial charge on any atom is 0.0692 e. The van der Waals surface area contributed by atoms with E-state index in [2.05, 4.69) is 33.0 Å². The van der Waals surface area contributed by atoms with Crippen LogP contribution in [0.5, 0.6) is 0 Å². The smallest absolute Gasteiger partial charge is 0.0692 e. The highest BCUT2D eigenvalue weighted by atomic mass is 16.5. The van der Waals surface area contributed by atoms with Gasteiger partial charge in [0, 0.05) is 18.7 Å². The molecule has 0 radical (unpaired) electrons. The van der Waals surface area contributed by atoms with Gasteiger partial charge in [0.15, 0.2) is 0 Å². The van der Waals surface area contributed by atoms with Crippen LogP contribution in [0.1, 0.15) is 79.1 Å². The zero-order valence-electron chi connectivity index (χ0n) is 14.1. The Balaban J connectivity index is 1.79. The quantitative estimate of drug-likeness (QED) is 0.799. The molecule has 1 saturated carbocycles. The summed E-state index contributed by atoms with van der Waals surface area (Å²) in [6.45, 7) is 10.3. The zero-order chi connectivity index (χ0) is 14.6. The molecule has 20 heavy (non-hydrogen) atoms. The molecular weight excluding hydrogens is 246 g/mol. The average molecular weight is 281 g/mol. The van der Waals surface area contributed by atoms with Crippen LogP contribution < -0.4 is 5.32 Å². The Bertz CT molecular complexity index is 277. The second kappa shape index (κ2) is 7.26. The van der Waals surface area contributed by atoms with E-state index < -0.39 is 0 Å². The molecule has 2 fully saturated rings. The Morgan fingerprint density at radius 1 is 1.00 bits per heavy atom. The van der Waals surface area contributed by atoms with Gasteiger partial charge in [0.1, 0.15) is 0 Å². The van der Waals surface area contributed by atoms with Crippen LogP contribution in [0.4, 0.5) is 0 Å². The van der Waals surface area contributed by atoms with E-state index in [1.165, 1.54) is 38.5 Å². The monoisotopic (exact) mass is 281 g/mol. The summed E-state index contributed by atoms with van der Waals surface area (Å²) in [6, 6.07) is 1.45. The van der Waals surface area contributed by atoms with Crippen LogP contribution >= 0.6 is 0 Å². The molecule has 1 unspecified atom stereocenters. The van der Waals surface area contributed by atoms with Crippen molar-refractivity contribution in [2.24, 2.45) is 11.8 Å². The first-order valence-corrected chi connectivity index (χ1v) is 8.98. The van der Waals surface area contributed by atoms with Crippen molar-refractivity contribution in [1.29, 1.82) is 0 Å². The number of rotatable bonds is 5. The average Bonchev–Trinajstić information content (AvgIpc) is 2.48. The Morgan fingerprint density at radius 3 is 2.20 bits per heavy atom. The van der Waals surface area contributed by atoms with Gasteiger partial charge < -0.3 is 10.1 Å². The van der Waals surface area contributed by atoms with Crippen LogP contribution in [0.3, 0.4) is 0 Å². The van der Waals surface area contributed by atoms with Gasteiger partial charge in [0.05, 0.1) is 5.60 Å². The molecule has 1 saturated heterocycles. The van der Waals surface area contributed by atoms with Gasteiger partial charge in [-0.15, -0.1) is 0 Å². The minimum Gasteiger partial charge on any atom is -0.375 e. The van der Waals surface area contributed by atoms with Crippen molar-refractivity contribution in [3.8, 4) is 0 Å². The summed E-state index contributed by atoms with van der Waals surface area (Å²) < 4.78 is 6.09. The van der Waals surface area contributed by atoms with E-state index in [9.17, 15) is 0 Å². The fourth-order valence-electron chi connectivity index (χ4n) is 4.20. The molecule has 118 valence electrons. The molecule has 1 heterocycles. The summed E-state index contributed by atoms with van der Waals surface area (Å²) in [5.74, 6) is 1.83. The van der Waals surface area contributed by atoms with Crippen LogP contribution in [0, 0.1) is 11.8 Å². The van der Waals surface area contributed by atoms with Crippen molar-refractivity contribution in [1.82, 2.24) is 5.32 Å². The molecule has 0 aromatic rings. The van der Waals surface area contributed by atoms with Gasteiger partial charge in [-0.05, 0) is 63.2 Å². The predicted molar refractivity (Wildman–Crippen MR) is 86.0 cm³/mol. The summed E-state index contributed by atoms with van der Waals surface area (Å²) in [7, 11) is 0. The first-order valence-electron chi connectivity index (χ1n) is 8.98. The number of ether oxygens (including phenoxy) is 1. The number of hydrogen-bond donors (Lipinski definition) is 1. The lowest BCUT2D eigenvalue weighted by Gasteiger charge is -2.42. The standard InChI is InChI=1S/C18H35NO/c1-5-18(6-2)13-17(11-12-20-18)19-16-9-7-15(8-10-16)14(3)4/h14-17,19H,5-13H2,1-4H3.